The topological polar surface area (TPSA) is 30.5 Å². The maximum atomic E-state index is 5.59. The van der Waals surface area contributed by atoms with Crippen molar-refractivity contribution >= 4 is 0 Å². The van der Waals surface area contributed by atoms with Gasteiger partial charge in [0, 0.05) is 6.54 Å². The third-order valence-electron chi connectivity index (χ3n) is 2.33. The number of benzene rings is 1. The quantitative estimate of drug-likeness (QED) is 0.703. The zero-order chi connectivity index (χ0) is 12.5. The molecule has 0 fully saturated rings. The van der Waals surface area contributed by atoms with Crippen molar-refractivity contribution in [1.29, 1.82) is 0 Å². The van der Waals surface area contributed by atoms with Gasteiger partial charge in [0.1, 0.15) is 5.75 Å². The Bertz CT molecular complexity index is 296. The Hall–Kier alpha value is -1.06. The predicted octanol–water partition coefficient (Wildman–Crippen LogP) is 2.25. The summed E-state index contributed by atoms with van der Waals surface area (Å²) in [7, 11) is 1.93. The van der Waals surface area contributed by atoms with Crippen LogP contribution in [0.3, 0.4) is 0 Å². The summed E-state index contributed by atoms with van der Waals surface area (Å²) >= 11 is 0. The van der Waals surface area contributed by atoms with Crippen LogP contribution in [0.15, 0.2) is 24.3 Å². The molecule has 1 N–H and O–H groups in total. The number of hydrogen-bond acceptors (Lipinski definition) is 3. The summed E-state index contributed by atoms with van der Waals surface area (Å²) in [6.07, 6.45) is 1.18. The zero-order valence-corrected chi connectivity index (χ0v) is 11.0. The Morgan fingerprint density at radius 1 is 1.12 bits per heavy atom. The minimum Gasteiger partial charge on any atom is -0.491 e. The monoisotopic (exact) mass is 237 g/mol. The SMILES string of the molecule is CNCCOCCc1ccc(OC(C)C)cc1. The fourth-order valence-electron chi connectivity index (χ4n) is 1.47. The van der Waals surface area contributed by atoms with E-state index in [9.17, 15) is 0 Å². The average molecular weight is 237 g/mol. The van der Waals surface area contributed by atoms with Gasteiger partial charge < -0.3 is 14.8 Å². The van der Waals surface area contributed by atoms with Crippen molar-refractivity contribution in [1.82, 2.24) is 5.32 Å². The van der Waals surface area contributed by atoms with Gasteiger partial charge in [-0.05, 0) is 45.0 Å². The first-order valence-corrected chi connectivity index (χ1v) is 6.20. The molecule has 0 unspecified atom stereocenters. The number of nitrogens with one attached hydrogen (secondary N) is 1. The molecule has 0 amide bonds. The van der Waals surface area contributed by atoms with Gasteiger partial charge >= 0.3 is 0 Å². The van der Waals surface area contributed by atoms with E-state index in [1.807, 2.05) is 33.0 Å². The van der Waals surface area contributed by atoms with Gasteiger partial charge in [0.05, 0.1) is 19.3 Å². The van der Waals surface area contributed by atoms with Gasteiger partial charge in [0.15, 0.2) is 0 Å². The summed E-state index contributed by atoms with van der Waals surface area (Å²) in [6, 6.07) is 8.23. The zero-order valence-electron chi connectivity index (χ0n) is 11.0. The van der Waals surface area contributed by atoms with Crippen molar-refractivity contribution in [2.45, 2.75) is 26.4 Å². The smallest absolute Gasteiger partial charge is 0.119 e. The Morgan fingerprint density at radius 2 is 1.82 bits per heavy atom. The van der Waals surface area contributed by atoms with E-state index in [1.165, 1.54) is 5.56 Å². The van der Waals surface area contributed by atoms with Crippen LogP contribution in [-0.2, 0) is 11.2 Å². The lowest BCUT2D eigenvalue weighted by Gasteiger charge is -2.10. The van der Waals surface area contributed by atoms with Crippen LogP contribution in [0.25, 0.3) is 0 Å². The van der Waals surface area contributed by atoms with Crippen LogP contribution in [0.5, 0.6) is 5.75 Å². The van der Waals surface area contributed by atoms with Crippen LogP contribution in [0, 0.1) is 0 Å². The molecule has 0 aromatic heterocycles. The number of ether oxygens (including phenoxy) is 2. The van der Waals surface area contributed by atoms with Gasteiger partial charge in [-0.3, -0.25) is 0 Å². The summed E-state index contributed by atoms with van der Waals surface area (Å²) in [5, 5.41) is 3.05. The molecule has 1 rings (SSSR count). The highest BCUT2D eigenvalue weighted by molar-refractivity contribution is 5.27. The molecule has 0 aliphatic heterocycles. The van der Waals surface area contributed by atoms with E-state index in [2.05, 4.69) is 17.4 Å². The Kier molecular flexibility index (Phi) is 6.67. The highest BCUT2D eigenvalue weighted by Crippen LogP contribution is 2.14. The number of likely N-dealkylation sites (N-methyl/N-ethyl adjacent to an activating group) is 1. The summed E-state index contributed by atoms with van der Waals surface area (Å²) in [5.74, 6) is 0.930. The predicted molar refractivity (Wildman–Crippen MR) is 70.7 cm³/mol. The molecule has 17 heavy (non-hydrogen) atoms. The lowest BCUT2D eigenvalue weighted by Crippen LogP contribution is -2.15. The van der Waals surface area contributed by atoms with E-state index in [4.69, 9.17) is 9.47 Å². The molecule has 1 aromatic rings. The van der Waals surface area contributed by atoms with Gasteiger partial charge in [0.2, 0.25) is 0 Å². The van der Waals surface area contributed by atoms with Gasteiger partial charge in [0.25, 0.3) is 0 Å². The van der Waals surface area contributed by atoms with Crippen molar-refractivity contribution in [2.24, 2.45) is 0 Å². The largest absolute Gasteiger partial charge is 0.491 e. The molecule has 3 heteroatoms. The van der Waals surface area contributed by atoms with Gasteiger partial charge in [-0.1, -0.05) is 12.1 Å². The maximum Gasteiger partial charge on any atom is 0.119 e. The minimum atomic E-state index is 0.228. The third-order valence-corrected chi connectivity index (χ3v) is 2.33. The Morgan fingerprint density at radius 3 is 2.41 bits per heavy atom. The van der Waals surface area contributed by atoms with Crippen molar-refractivity contribution < 1.29 is 9.47 Å². The minimum absolute atomic E-state index is 0.228. The summed E-state index contributed by atoms with van der Waals surface area (Å²) in [6.45, 7) is 6.51. The molecule has 0 aliphatic rings. The van der Waals surface area contributed by atoms with Crippen LogP contribution in [0.2, 0.25) is 0 Å². The van der Waals surface area contributed by atoms with Crippen LogP contribution in [-0.4, -0.2) is 32.9 Å². The summed E-state index contributed by atoms with van der Waals surface area (Å²) in [5.41, 5.74) is 1.28. The lowest BCUT2D eigenvalue weighted by molar-refractivity contribution is 0.140. The van der Waals surface area contributed by atoms with Crippen molar-refractivity contribution in [3.05, 3.63) is 29.8 Å². The normalized spacial score (nSPS) is 10.8. The summed E-state index contributed by atoms with van der Waals surface area (Å²) < 4.78 is 11.1. The molecule has 3 nitrogen and oxygen atoms in total. The molecular weight excluding hydrogens is 214 g/mol. The second-order valence-electron chi connectivity index (χ2n) is 4.28. The molecule has 0 bridgehead atoms. The molecule has 96 valence electrons. The van der Waals surface area contributed by atoms with Crippen LogP contribution in [0.1, 0.15) is 19.4 Å². The Labute approximate surface area is 104 Å². The van der Waals surface area contributed by atoms with E-state index in [1.54, 1.807) is 0 Å². The molecule has 0 saturated carbocycles. The van der Waals surface area contributed by atoms with Crippen LogP contribution in [0.4, 0.5) is 0 Å². The first kappa shape index (κ1) is 14.0. The molecule has 0 atom stereocenters. The van der Waals surface area contributed by atoms with Gasteiger partial charge in [-0.25, -0.2) is 0 Å². The van der Waals surface area contributed by atoms with Gasteiger partial charge in [-0.15, -0.1) is 0 Å². The second kappa shape index (κ2) is 8.09. The number of hydrogen-bond donors (Lipinski definition) is 1. The standard InChI is InChI=1S/C14H23NO2/c1-12(2)17-14-6-4-13(5-7-14)8-10-16-11-9-15-3/h4-7,12,15H,8-11H2,1-3H3. The molecule has 0 radical (unpaired) electrons. The van der Waals surface area contributed by atoms with Crippen LogP contribution >= 0.6 is 0 Å². The van der Waals surface area contributed by atoms with Gasteiger partial charge in [-0.2, -0.15) is 0 Å². The summed E-state index contributed by atoms with van der Waals surface area (Å²) in [4.78, 5) is 0. The fraction of sp³-hybridized carbons (Fsp3) is 0.571. The first-order valence-electron chi connectivity index (χ1n) is 6.20. The molecule has 0 aliphatic carbocycles. The third kappa shape index (κ3) is 6.29. The van der Waals surface area contributed by atoms with E-state index >= 15 is 0 Å². The van der Waals surface area contributed by atoms with E-state index in [-0.39, 0.29) is 6.10 Å². The average Bonchev–Trinajstić information content (AvgIpc) is 2.30. The lowest BCUT2D eigenvalue weighted by atomic mass is 10.1. The van der Waals surface area contributed by atoms with Crippen molar-refractivity contribution in [3.8, 4) is 5.75 Å². The van der Waals surface area contributed by atoms with E-state index < -0.39 is 0 Å². The Balaban J connectivity index is 2.25. The van der Waals surface area contributed by atoms with Crippen molar-refractivity contribution in [2.75, 3.05) is 26.8 Å². The number of rotatable bonds is 8. The van der Waals surface area contributed by atoms with Crippen molar-refractivity contribution in [3.63, 3.8) is 0 Å². The van der Waals surface area contributed by atoms with Crippen LogP contribution < -0.4 is 10.1 Å². The highest BCUT2D eigenvalue weighted by atomic mass is 16.5. The highest BCUT2D eigenvalue weighted by Gasteiger charge is 1.98. The second-order valence-corrected chi connectivity index (χ2v) is 4.28. The molecule has 1 aromatic carbocycles. The molecule has 0 saturated heterocycles. The maximum absolute atomic E-state index is 5.59. The fourth-order valence-corrected chi connectivity index (χ4v) is 1.47. The molecule has 0 heterocycles. The first-order chi connectivity index (χ1) is 8.22. The molecular formula is C14H23NO2. The van der Waals surface area contributed by atoms with E-state index in [0.29, 0.717) is 0 Å². The van der Waals surface area contributed by atoms with E-state index in [0.717, 1.165) is 31.9 Å². The molecule has 0 spiro atoms.